The van der Waals surface area contributed by atoms with Crippen molar-refractivity contribution in [2.45, 2.75) is 6.92 Å². The van der Waals surface area contributed by atoms with Crippen LogP contribution in [0.4, 0.5) is 11.4 Å². The second-order valence-electron chi connectivity index (χ2n) is 5.40. The van der Waals surface area contributed by atoms with Crippen LogP contribution in [0.25, 0.3) is 6.08 Å². The molecule has 0 fully saturated rings. The fourth-order valence-corrected chi connectivity index (χ4v) is 2.88. The first-order valence-electron chi connectivity index (χ1n) is 7.48. The zero-order valence-corrected chi connectivity index (χ0v) is 15.8. The lowest BCUT2D eigenvalue weighted by Gasteiger charge is -2.09. The molecule has 0 atom stereocenters. The van der Waals surface area contributed by atoms with Crippen LogP contribution in [0.5, 0.6) is 5.75 Å². The molecule has 138 valence electrons. The SMILES string of the molecule is COc1c(Cl)cc(C=C(C#N)C(=O)Nc2cc([N+](=O)[O-])ccc2C)cc1Cl. The zero-order valence-electron chi connectivity index (χ0n) is 14.2. The predicted molar refractivity (Wildman–Crippen MR) is 103 cm³/mol. The van der Waals surface area contributed by atoms with Crippen molar-refractivity contribution < 1.29 is 14.5 Å². The Labute approximate surface area is 164 Å². The number of methoxy groups -OCH3 is 1. The molecule has 2 rings (SSSR count). The summed E-state index contributed by atoms with van der Waals surface area (Å²) < 4.78 is 5.05. The Kier molecular flexibility index (Phi) is 6.40. The third-order valence-corrected chi connectivity index (χ3v) is 4.14. The van der Waals surface area contributed by atoms with Crippen LogP contribution in [0.15, 0.2) is 35.9 Å². The summed E-state index contributed by atoms with van der Waals surface area (Å²) in [5, 5.41) is 23.2. The minimum absolute atomic E-state index is 0.174. The monoisotopic (exact) mass is 405 g/mol. The molecular weight excluding hydrogens is 393 g/mol. The average Bonchev–Trinajstić information content (AvgIpc) is 2.61. The number of aryl methyl sites for hydroxylation is 1. The van der Waals surface area contributed by atoms with Crippen molar-refractivity contribution >= 4 is 46.6 Å². The molecule has 0 saturated carbocycles. The van der Waals surface area contributed by atoms with Crippen molar-refractivity contribution in [3.8, 4) is 11.8 Å². The molecule has 27 heavy (non-hydrogen) atoms. The molecule has 0 spiro atoms. The number of carbonyl (C=O) groups is 1. The van der Waals surface area contributed by atoms with Crippen molar-refractivity contribution in [3.63, 3.8) is 0 Å². The third-order valence-electron chi connectivity index (χ3n) is 3.58. The Hall–Kier alpha value is -3.08. The van der Waals surface area contributed by atoms with Crippen LogP contribution in [0.3, 0.4) is 0 Å². The number of amides is 1. The highest BCUT2D eigenvalue weighted by Crippen LogP contribution is 2.34. The second kappa shape index (κ2) is 8.54. The molecule has 0 radical (unpaired) electrons. The van der Waals surface area contributed by atoms with Gasteiger partial charge in [-0.1, -0.05) is 29.3 Å². The summed E-state index contributed by atoms with van der Waals surface area (Å²) in [6.07, 6.45) is 1.30. The molecule has 0 aliphatic rings. The number of hydrogen-bond acceptors (Lipinski definition) is 5. The fourth-order valence-electron chi connectivity index (χ4n) is 2.22. The van der Waals surface area contributed by atoms with Crippen molar-refractivity contribution in [1.82, 2.24) is 0 Å². The van der Waals surface area contributed by atoms with Crippen LogP contribution < -0.4 is 10.1 Å². The van der Waals surface area contributed by atoms with Crippen LogP contribution in [-0.2, 0) is 4.79 Å². The van der Waals surface area contributed by atoms with Crippen LogP contribution >= 0.6 is 23.2 Å². The Bertz CT molecular complexity index is 974. The summed E-state index contributed by atoms with van der Waals surface area (Å²) in [6, 6.07) is 8.84. The first kappa shape index (κ1) is 20.2. The first-order chi connectivity index (χ1) is 12.8. The van der Waals surface area contributed by atoms with Crippen LogP contribution in [-0.4, -0.2) is 17.9 Å². The van der Waals surface area contributed by atoms with Crippen LogP contribution in [0.2, 0.25) is 10.0 Å². The Morgan fingerprint density at radius 2 is 1.93 bits per heavy atom. The van der Waals surface area contributed by atoms with Crippen molar-refractivity contribution in [2.24, 2.45) is 0 Å². The van der Waals surface area contributed by atoms with Crippen molar-refractivity contribution in [1.29, 1.82) is 5.26 Å². The standard InChI is InChI=1S/C18H13Cl2N3O4/c1-10-3-4-13(23(25)26)8-16(10)22-18(24)12(9-21)5-11-6-14(19)17(27-2)15(20)7-11/h3-8H,1-2H3,(H,22,24). The van der Waals surface area contributed by atoms with E-state index in [0.717, 1.165) is 0 Å². The lowest BCUT2D eigenvalue weighted by molar-refractivity contribution is -0.384. The molecule has 1 amide bonds. The minimum Gasteiger partial charge on any atom is -0.494 e. The average molecular weight is 406 g/mol. The van der Waals surface area contributed by atoms with Crippen molar-refractivity contribution in [3.05, 3.63) is 67.2 Å². The number of nitrogens with zero attached hydrogens (tertiary/aromatic N) is 2. The van der Waals surface area contributed by atoms with Gasteiger partial charge in [-0.15, -0.1) is 0 Å². The molecule has 0 aromatic heterocycles. The van der Waals surface area contributed by atoms with Gasteiger partial charge in [-0.05, 0) is 36.3 Å². The van der Waals surface area contributed by atoms with Gasteiger partial charge < -0.3 is 10.1 Å². The van der Waals surface area contributed by atoms with Gasteiger partial charge >= 0.3 is 0 Å². The number of halogens is 2. The summed E-state index contributed by atoms with van der Waals surface area (Å²) in [5.41, 5.74) is 0.876. The summed E-state index contributed by atoms with van der Waals surface area (Å²) in [5.74, 6) is -0.435. The van der Waals surface area contributed by atoms with E-state index in [-0.39, 0.29) is 32.7 Å². The summed E-state index contributed by atoms with van der Waals surface area (Å²) in [6.45, 7) is 1.68. The van der Waals surface area contributed by atoms with Crippen LogP contribution in [0, 0.1) is 28.4 Å². The van der Waals surface area contributed by atoms with E-state index in [4.69, 9.17) is 27.9 Å². The van der Waals surface area contributed by atoms with E-state index in [1.807, 2.05) is 0 Å². The number of nitrogens with one attached hydrogen (secondary N) is 1. The molecule has 9 heteroatoms. The highest BCUT2D eigenvalue weighted by molar-refractivity contribution is 6.37. The number of rotatable bonds is 5. The number of hydrogen-bond donors (Lipinski definition) is 1. The van der Waals surface area contributed by atoms with E-state index in [9.17, 15) is 20.2 Å². The van der Waals surface area contributed by atoms with E-state index in [0.29, 0.717) is 11.1 Å². The van der Waals surface area contributed by atoms with E-state index >= 15 is 0 Å². The van der Waals surface area contributed by atoms with Gasteiger partial charge in [0, 0.05) is 12.1 Å². The molecule has 0 saturated heterocycles. The molecular formula is C18H13Cl2N3O4. The summed E-state index contributed by atoms with van der Waals surface area (Å²) >= 11 is 12.1. The number of nitro groups is 1. The van der Waals surface area contributed by atoms with Gasteiger partial charge in [0.2, 0.25) is 0 Å². The van der Waals surface area contributed by atoms with Gasteiger partial charge in [0.1, 0.15) is 11.6 Å². The van der Waals surface area contributed by atoms with Gasteiger partial charge in [-0.3, -0.25) is 14.9 Å². The van der Waals surface area contributed by atoms with E-state index < -0.39 is 10.8 Å². The van der Waals surface area contributed by atoms with Gasteiger partial charge in [-0.2, -0.15) is 5.26 Å². The Morgan fingerprint density at radius 3 is 2.44 bits per heavy atom. The number of ether oxygens (including phenoxy) is 1. The Balaban J connectivity index is 2.34. The molecule has 0 bridgehead atoms. The molecule has 0 unspecified atom stereocenters. The maximum atomic E-state index is 12.4. The molecule has 0 aliphatic heterocycles. The number of non-ortho nitro benzene ring substituents is 1. The first-order valence-corrected chi connectivity index (χ1v) is 8.23. The van der Waals surface area contributed by atoms with E-state index in [1.165, 1.54) is 43.5 Å². The lowest BCUT2D eigenvalue weighted by Crippen LogP contribution is -2.14. The summed E-state index contributed by atoms with van der Waals surface area (Å²) in [4.78, 5) is 22.7. The molecule has 7 nitrogen and oxygen atoms in total. The topological polar surface area (TPSA) is 105 Å². The number of nitriles is 1. The highest BCUT2D eigenvalue weighted by atomic mass is 35.5. The zero-order chi connectivity index (χ0) is 20.1. The van der Waals surface area contributed by atoms with Crippen LogP contribution in [0.1, 0.15) is 11.1 Å². The van der Waals surface area contributed by atoms with Gasteiger partial charge in [0.05, 0.1) is 27.8 Å². The van der Waals surface area contributed by atoms with Gasteiger partial charge in [0.15, 0.2) is 5.75 Å². The molecule has 0 aliphatic carbocycles. The molecule has 2 aromatic carbocycles. The molecule has 0 heterocycles. The second-order valence-corrected chi connectivity index (χ2v) is 6.21. The number of nitro benzene ring substituents is 1. The largest absolute Gasteiger partial charge is 0.494 e. The quantitative estimate of drug-likeness (QED) is 0.333. The maximum absolute atomic E-state index is 12.4. The minimum atomic E-state index is -0.718. The third kappa shape index (κ3) is 4.76. The number of anilines is 1. The highest BCUT2D eigenvalue weighted by Gasteiger charge is 2.15. The molecule has 1 N–H and O–H groups in total. The van der Waals surface area contributed by atoms with E-state index in [2.05, 4.69) is 5.32 Å². The van der Waals surface area contributed by atoms with Gasteiger partial charge in [0.25, 0.3) is 11.6 Å². The fraction of sp³-hybridized carbons (Fsp3) is 0.111. The summed E-state index contributed by atoms with van der Waals surface area (Å²) in [7, 11) is 1.41. The maximum Gasteiger partial charge on any atom is 0.271 e. The van der Waals surface area contributed by atoms with Gasteiger partial charge in [-0.25, -0.2) is 0 Å². The number of benzene rings is 2. The normalized spacial score (nSPS) is 10.9. The number of carbonyl (C=O) groups excluding carboxylic acids is 1. The lowest BCUT2D eigenvalue weighted by atomic mass is 10.1. The Morgan fingerprint density at radius 1 is 1.30 bits per heavy atom. The predicted octanol–water partition coefficient (Wildman–Crippen LogP) is 4.76. The smallest absolute Gasteiger partial charge is 0.271 e. The van der Waals surface area contributed by atoms with Crippen molar-refractivity contribution in [2.75, 3.05) is 12.4 Å². The molecule has 2 aromatic rings. The van der Waals surface area contributed by atoms with E-state index in [1.54, 1.807) is 13.0 Å².